The molecule has 0 aromatic heterocycles. The van der Waals surface area contributed by atoms with Crippen LogP contribution in [0.4, 0.5) is 13.2 Å². The lowest BCUT2D eigenvalue weighted by Crippen LogP contribution is -2.41. The van der Waals surface area contributed by atoms with Crippen LogP contribution in [-0.4, -0.2) is 16.7 Å². The molecule has 7 heteroatoms. The number of primary amides is 1. The second kappa shape index (κ2) is 8.82. The van der Waals surface area contributed by atoms with E-state index in [2.05, 4.69) is 0 Å². The fourth-order valence-electron chi connectivity index (χ4n) is 3.20. The van der Waals surface area contributed by atoms with Crippen molar-refractivity contribution in [3.05, 3.63) is 107 Å². The number of nitrogens with zero attached hydrogens (tertiary/aromatic N) is 1. The van der Waals surface area contributed by atoms with Crippen molar-refractivity contribution in [3.8, 4) is 0 Å². The Morgan fingerprint density at radius 1 is 0.867 bits per heavy atom. The van der Waals surface area contributed by atoms with Crippen LogP contribution in [0.1, 0.15) is 33.1 Å². The van der Waals surface area contributed by atoms with Gasteiger partial charge in [0.05, 0.1) is 5.56 Å². The summed E-state index contributed by atoms with van der Waals surface area (Å²) in [6.45, 7) is -0.222. The first-order chi connectivity index (χ1) is 14.3. The Balaban J connectivity index is 2.06. The maximum absolute atomic E-state index is 13.2. The monoisotopic (exact) mass is 412 g/mol. The van der Waals surface area contributed by atoms with E-state index in [-0.39, 0.29) is 12.1 Å². The first kappa shape index (κ1) is 21.1. The Labute approximate surface area is 171 Å². The topological polar surface area (TPSA) is 63.4 Å². The van der Waals surface area contributed by atoms with Crippen LogP contribution in [0, 0.1) is 0 Å². The van der Waals surface area contributed by atoms with Gasteiger partial charge in [-0.05, 0) is 35.4 Å². The van der Waals surface area contributed by atoms with Gasteiger partial charge in [-0.1, -0.05) is 60.7 Å². The average Bonchev–Trinajstić information content (AvgIpc) is 2.73. The molecule has 2 N–H and O–H groups in total. The number of alkyl halides is 3. The average molecular weight is 412 g/mol. The zero-order valence-corrected chi connectivity index (χ0v) is 15.8. The van der Waals surface area contributed by atoms with E-state index < -0.39 is 29.6 Å². The summed E-state index contributed by atoms with van der Waals surface area (Å²) in [6, 6.07) is 20.2. The number of benzene rings is 3. The van der Waals surface area contributed by atoms with Gasteiger partial charge >= 0.3 is 6.18 Å². The second-order valence-electron chi connectivity index (χ2n) is 6.71. The summed E-state index contributed by atoms with van der Waals surface area (Å²) in [6.07, 6.45) is -4.52. The third-order valence-electron chi connectivity index (χ3n) is 4.59. The van der Waals surface area contributed by atoms with Gasteiger partial charge in [0, 0.05) is 12.1 Å². The number of amides is 2. The van der Waals surface area contributed by atoms with Crippen molar-refractivity contribution in [1.82, 2.24) is 4.90 Å². The van der Waals surface area contributed by atoms with Gasteiger partial charge in [-0.2, -0.15) is 13.2 Å². The molecule has 30 heavy (non-hydrogen) atoms. The summed E-state index contributed by atoms with van der Waals surface area (Å²) in [5.41, 5.74) is 5.80. The summed E-state index contributed by atoms with van der Waals surface area (Å²) in [5, 5.41) is 0. The standard InChI is InChI=1S/C23H19F3N2O2/c24-23(25,26)19-13-7-8-16(14-19)15-28(22(30)18-11-5-2-6-12-18)20(21(27)29)17-9-3-1-4-10-17/h1-14,20H,15H2,(H2,27,29)/t20-/m1/s1. The minimum absolute atomic E-state index is 0.222. The Morgan fingerprint density at radius 2 is 1.47 bits per heavy atom. The SMILES string of the molecule is NC(=O)[C@@H](c1ccccc1)N(Cc1cccc(C(F)(F)F)c1)C(=O)c1ccccc1. The van der Waals surface area contributed by atoms with Gasteiger partial charge in [0.1, 0.15) is 6.04 Å². The number of hydrogen-bond acceptors (Lipinski definition) is 2. The third-order valence-corrected chi connectivity index (χ3v) is 4.59. The molecular formula is C23H19F3N2O2. The Bertz CT molecular complexity index is 1020. The molecular weight excluding hydrogens is 393 g/mol. The first-order valence-corrected chi connectivity index (χ1v) is 9.14. The smallest absolute Gasteiger partial charge is 0.368 e. The van der Waals surface area contributed by atoms with E-state index in [0.717, 1.165) is 12.1 Å². The zero-order valence-electron chi connectivity index (χ0n) is 15.8. The van der Waals surface area contributed by atoms with E-state index in [9.17, 15) is 22.8 Å². The zero-order chi connectivity index (χ0) is 21.7. The lowest BCUT2D eigenvalue weighted by Gasteiger charge is -2.30. The van der Waals surface area contributed by atoms with Crippen molar-refractivity contribution in [2.45, 2.75) is 18.8 Å². The highest BCUT2D eigenvalue weighted by atomic mass is 19.4. The summed E-state index contributed by atoms with van der Waals surface area (Å²) in [5.74, 6) is -1.29. The van der Waals surface area contributed by atoms with Gasteiger partial charge in [-0.15, -0.1) is 0 Å². The molecule has 0 aliphatic carbocycles. The molecule has 0 aliphatic heterocycles. The van der Waals surface area contributed by atoms with Gasteiger partial charge in [0.2, 0.25) is 5.91 Å². The molecule has 0 spiro atoms. The first-order valence-electron chi connectivity index (χ1n) is 9.14. The minimum Gasteiger partial charge on any atom is -0.368 e. The molecule has 0 unspecified atom stereocenters. The van der Waals surface area contributed by atoms with Gasteiger partial charge in [0.15, 0.2) is 0 Å². The molecule has 4 nitrogen and oxygen atoms in total. The summed E-state index contributed by atoms with van der Waals surface area (Å²) >= 11 is 0. The van der Waals surface area contributed by atoms with E-state index in [1.165, 1.54) is 17.0 Å². The number of rotatable bonds is 6. The molecule has 3 rings (SSSR count). The molecule has 0 bridgehead atoms. The van der Waals surface area contributed by atoms with Crippen molar-refractivity contribution in [2.75, 3.05) is 0 Å². The van der Waals surface area contributed by atoms with Crippen LogP contribution in [0.5, 0.6) is 0 Å². The molecule has 1 atom stereocenters. The molecule has 0 heterocycles. The predicted molar refractivity (Wildman–Crippen MR) is 106 cm³/mol. The fraction of sp³-hybridized carbons (Fsp3) is 0.130. The van der Waals surface area contributed by atoms with Gasteiger partial charge in [-0.25, -0.2) is 0 Å². The van der Waals surface area contributed by atoms with Crippen molar-refractivity contribution in [2.24, 2.45) is 5.73 Å². The van der Waals surface area contributed by atoms with E-state index in [4.69, 9.17) is 5.73 Å². The highest BCUT2D eigenvalue weighted by Crippen LogP contribution is 2.31. The van der Waals surface area contributed by atoms with Crippen LogP contribution >= 0.6 is 0 Å². The van der Waals surface area contributed by atoms with E-state index in [1.807, 2.05) is 0 Å². The molecule has 0 radical (unpaired) electrons. The highest BCUT2D eigenvalue weighted by Gasteiger charge is 2.33. The number of halogens is 3. The largest absolute Gasteiger partial charge is 0.416 e. The van der Waals surface area contributed by atoms with Gasteiger partial charge in [0.25, 0.3) is 5.91 Å². The molecule has 0 saturated heterocycles. The van der Waals surface area contributed by atoms with Crippen LogP contribution in [0.15, 0.2) is 84.9 Å². The number of hydrogen-bond donors (Lipinski definition) is 1. The molecule has 0 aliphatic rings. The normalized spacial score (nSPS) is 12.2. The van der Waals surface area contributed by atoms with Crippen molar-refractivity contribution in [3.63, 3.8) is 0 Å². The van der Waals surface area contributed by atoms with Crippen LogP contribution in [0.25, 0.3) is 0 Å². The second-order valence-corrected chi connectivity index (χ2v) is 6.71. The molecule has 0 fully saturated rings. The number of carbonyl (C=O) groups is 2. The maximum Gasteiger partial charge on any atom is 0.416 e. The Kier molecular flexibility index (Phi) is 6.20. The predicted octanol–water partition coefficient (Wildman–Crippen LogP) is 4.57. The molecule has 3 aromatic carbocycles. The number of carbonyl (C=O) groups excluding carboxylic acids is 2. The van der Waals surface area contributed by atoms with Gasteiger partial charge < -0.3 is 10.6 Å². The lowest BCUT2D eigenvalue weighted by atomic mass is 10.0. The fourth-order valence-corrected chi connectivity index (χ4v) is 3.20. The Hall–Kier alpha value is -3.61. The molecule has 3 aromatic rings. The van der Waals surface area contributed by atoms with Crippen molar-refractivity contribution < 1.29 is 22.8 Å². The van der Waals surface area contributed by atoms with Crippen LogP contribution in [0.2, 0.25) is 0 Å². The lowest BCUT2D eigenvalue weighted by molar-refractivity contribution is -0.137. The van der Waals surface area contributed by atoms with E-state index in [1.54, 1.807) is 60.7 Å². The highest BCUT2D eigenvalue weighted by molar-refractivity contribution is 5.97. The number of nitrogens with two attached hydrogens (primary N) is 1. The maximum atomic E-state index is 13.2. The molecule has 2 amide bonds. The third kappa shape index (κ3) is 4.86. The minimum atomic E-state index is -4.52. The summed E-state index contributed by atoms with van der Waals surface area (Å²) in [7, 11) is 0. The van der Waals surface area contributed by atoms with Crippen LogP contribution < -0.4 is 5.73 Å². The molecule has 154 valence electrons. The summed E-state index contributed by atoms with van der Waals surface area (Å²) in [4.78, 5) is 26.8. The molecule has 0 saturated carbocycles. The summed E-state index contributed by atoms with van der Waals surface area (Å²) < 4.78 is 39.4. The quantitative estimate of drug-likeness (QED) is 0.644. The van der Waals surface area contributed by atoms with Crippen LogP contribution in [-0.2, 0) is 17.5 Å². The van der Waals surface area contributed by atoms with Crippen LogP contribution in [0.3, 0.4) is 0 Å². The van der Waals surface area contributed by atoms with Gasteiger partial charge in [-0.3, -0.25) is 9.59 Å². The van der Waals surface area contributed by atoms with E-state index in [0.29, 0.717) is 11.1 Å². The van der Waals surface area contributed by atoms with Crippen molar-refractivity contribution in [1.29, 1.82) is 0 Å². The van der Waals surface area contributed by atoms with E-state index >= 15 is 0 Å². The Morgan fingerprint density at radius 3 is 2.03 bits per heavy atom. The van der Waals surface area contributed by atoms with Crippen molar-refractivity contribution >= 4 is 11.8 Å².